The van der Waals surface area contributed by atoms with Crippen LogP contribution in [0.15, 0.2) is 54.6 Å². The first-order chi connectivity index (χ1) is 13.0. The molecule has 1 aliphatic heterocycles. The molecule has 2 aromatic rings. The fourth-order valence-electron chi connectivity index (χ4n) is 4.14. The normalized spacial score (nSPS) is 24.3. The summed E-state index contributed by atoms with van der Waals surface area (Å²) in [6.07, 6.45) is 4.70. The van der Waals surface area contributed by atoms with Gasteiger partial charge >= 0.3 is 0 Å². The molecule has 138 valence electrons. The molecule has 0 saturated carbocycles. The van der Waals surface area contributed by atoms with Crippen molar-refractivity contribution in [2.45, 2.75) is 27.2 Å². The Morgan fingerprint density at radius 1 is 0.963 bits per heavy atom. The van der Waals surface area contributed by atoms with E-state index in [4.69, 9.17) is 4.74 Å². The van der Waals surface area contributed by atoms with E-state index >= 15 is 0 Å². The molecule has 1 heterocycles. The maximum Gasteiger partial charge on any atom is 0.238 e. The number of anilines is 1. The largest absolute Gasteiger partial charge is 0.457 e. The van der Waals surface area contributed by atoms with E-state index in [1.807, 2.05) is 63.3 Å². The highest BCUT2D eigenvalue weighted by molar-refractivity contribution is 6.22. The van der Waals surface area contributed by atoms with Crippen LogP contribution in [0.25, 0.3) is 0 Å². The van der Waals surface area contributed by atoms with E-state index in [-0.39, 0.29) is 29.6 Å². The van der Waals surface area contributed by atoms with Crippen molar-refractivity contribution in [3.8, 4) is 11.5 Å². The van der Waals surface area contributed by atoms with Crippen molar-refractivity contribution in [3.63, 3.8) is 0 Å². The molecule has 0 radical (unpaired) electrons. The lowest BCUT2D eigenvalue weighted by Crippen LogP contribution is -2.31. The summed E-state index contributed by atoms with van der Waals surface area (Å²) in [5.41, 5.74) is 2.74. The fraction of sp³-hybridized carbons (Fsp3) is 0.304. The van der Waals surface area contributed by atoms with Crippen molar-refractivity contribution < 1.29 is 14.3 Å². The summed E-state index contributed by atoms with van der Waals surface area (Å²) in [7, 11) is 0. The summed E-state index contributed by atoms with van der Waals surface area (Å²) in [5, 5.41) is 0. The molecule has 2 amide bonds. The van der Waals surface area contributed by atoms with E-state index < -0.39 is 0 Å². The van der Waals surface area contributed by atoms with Crippen LogP contribution in [0.3, 0.4) is 0 Å². The monoisotopic (exact) mass is 361 g/mol. The third-order valence-electron chi connectivity index (χ3n) is 5.60. The van der Waals surface area contributed by atoms with Crippen molar-refractivity contribution in [1.82, 2.24) is 0 Å². The van der Waals surface area contributed by atoms with Gasteiger partial charge in [-0.2, -0.15) is 0 Å². The molecule has 1 saturated heterocycles. The number of hydrogen-bond acceptors (Lipinski definition) is 3. The quantitative estimate of drug-likeness (QED) is 0.583. The number of fused-ring (bicyclic) bond motifs is 1. The predicted molar refractivity (Wildman–Crippen MR) is 105 cm³/mol. The molecule has 27 heavy (non-hydrogen) atoms. The molecule has 0 N–H and O–H groups in total. The second-order valence-electron chi connectivity index (χ2n) is 7.48. The Kier molecular flexibility index (Phi) is 4.34. The molecular formula is C23H23NO3. The third-order valence-corrected chi connectivity index (χ3v) is 5.60. The van der Waals surface area contributed by atoms with Crippen molar-refractivity contribution in [2.75, 3.05) is 4.90 Å². The Morgan fingerprint density at radius 3 is 2.26 bits per heavy atom. The molecule has 2 aliphatic rings. The van der Waals surface area contributed by atoms with Gasteiger partial charge in [0.05, 0.1) is 17.5 Å². The molecular weight excluding hydrogens is 338 g/mol. The predicted octanol–water partition coefficient (Wildman–Crippen LogP) is 4.80. The molecule has 1 fully saturated rings. The molecule has 0 aromatic heterocycles. The summed E-state index contributed by atoms with van der Waals surface area (Å²) >= 11 is 0. The maximum atomic E-state index is 12.9. The first kappa shape index (κ1) is 17.5. The molecule has 3 atom stereocenters. The van der Waals surface area contributed by atoms with Crippen LogP contribution in [-0.2, 0) is 9.59 Å². The SMILES string of the molecule is Cc1cccc(C)c1Oc1ccc(N2C(=O)[C@H]3[C@H](CC=C[C@@H]3C)C2=O)cc1. The number of aryl methyl sites for hydroxylation is 2. The van der Waals surface area contributed by atoms with E-state index in [0.29, 0.717) is 17.9 Å². The van der Waals surface area contributed by atoms with Gasteiger partial charge in [-0.05, 0) is 61.6 Å². The van der Waals surface area contributed by atoms with Gasteiger partial charge in [0, 0.05) is 0 Å². The van der Waals surface area contributed by atoms with Crippen molar-refractivity contribution in [3.05, 3.63) is 65.7 Å². The van der Waals surface area contributed by atoms with Gasteiger partial charge in [0.15, 0.2) is 0 Å². The Morgan fingerprint density at radius 2 is 1.63 bits per heavy atom. The number of ether oxygens (including phenoxy) is 1. The lowest BCUT2D eigenvalue weighted by Gasteiger charge is -2.22. The van der Waals surface area contributed by atoms with Gasteiger partial charge in [-0.15, -0.1) is 0 Å². The van der Waals surface area contributed by atoms with Gasteiger partial charge in [0.25, 0.3) is 0 Å². The summed E-state index contributed by atoms with van der Waals surface area (Å²) < 4.78 is 6.02. The van der Waals surface area contributed by atoms with Gasteiger partial charge in [-0.25, -0.2) is 0 Å². The highest BCUT2D eigenvalue weighted by Gasteiger charge is 2.50. The summed E-state index contributed by atoms with van der Waals surface area (Å²) in [6.45, 7) is 6.02. The number of rotatable bonds is 3. The van der Waals surface area contributed by atoms with Gasteiger partial charge in [0.2, 0.25) is 11.8 Å². The zero-order valence-corrected chi connectivity index (χ0v) is 15.8. The van der Waals surface area contributed by atoms with E-state index in [9.17, 15) is 9.59 Å². The van der Waals surface area contributed by atoms with Gasteiger partial charge in [0.1, 0.15) is 11.5 Å². The average molecular weight is 361 g/mol. The lowest BCUT2D eigenvalue weighted by atomic mass is 9.78. The highest BCUT2D eigenvalue weighted by atomic mass is 16.5. The van der Waals surface area contributed by atoms with Crippen molar-refractivity contribution in [2.24, 2.45) is 17.8 Å². The number of hydrogen-bond donors (Lipinski definition) is 0. The third kappa shape index (κ3) is 2.95. The van der Waals surface area contributed by atoms with Crippen LogP contribution in [0.1, 0.15) is 24.5 Å². The minimum Gasteiger partial charge on any atom is -0.457 e. The van der Waals surface area contributed by atoms with Crippen LogP contribution in [-0.4, -0.2) is 11.8 Å². The van der Waals surface area contributed by atoms with Gasteiger partial charge in [-0.1, -0.05) is 37.3 Å². The van der Waals surface area contributed by atoms with Gasteiger partial charge < -0.3 is 4.74 Å². The number of nitrogens with zero attached hydrogens (tertiary/aromatic N) is 1. The van der Waals surface area contributed by atoms with Gasteiger partial charge in [-0.3, -0.25) is 14.5 Å². The summed E-state index contributed by atoms with van der Waals surface area (Å²) in [6, 6.07) is 13.2. The average Bonchev–Trinajstić information content (AvgIpc) is 2.91. The van der Waals surface area contributed by atoms with Crippen LogP contribution in [0.5, 0.6) is 11.5 Å². The molecule has 4 nitrogen and oxygen atoms in total. The molecule has 0 unspecified atom stereocenters. The smallest absolute Gasteiger partial charge is 0.238 e. The first-order valence-corrected chi connectivity index (χ1v) is 9.36. The van der Waals surface area contributed by atoms with Crippen LogP contribution >= 0.6 is 0 Å². The Hall–Kier alpha value is -2.88. The summed E-state index contributed by atoms with van der Waals surface area (Å²) in [4.78, 5) is 27.0. The molecule has 0 spiro atoms. The lowest BCUT2D eigenvalue weighted by molar-refractivity contribution is -0.122. The topological polar surface area (TPSA) is 46.6 Å². The minimum atomic E-state index is -0.243. The second kappa shape index (κ2) is 6.69. The minimum absolute atomic E-state index is 0.0923. The fourth-order valence-corrected chi connectivity index (χ4v) is 4.14. The number of carbonyl (C=O) groups is 2. The first-order valence-electron chi connectivity index (χ1n) is 9.36. The van der Waals surface area contributed by atoms with Crippen LogP contribution in [0.4, 0.5) is 5.69 Å². The molecule has 4 rings (SSSR count). The van der Waals surface area contributed by atoms with Crippen LogP contribution in [0, 0.1) is 31.6 Å². The van der Waals surface area contributed by atoms with E-state index in [0.717, 1.165) is 16.9 Å². The molecule has 4 heteroatoms. The Labute approximate surface area is 159 Å². The number of allylic oxidation sites excluding steroid dienone is 2. The van der Waals surface area contributed by atoms with Crippen LogP contribution in [0.2, 0.25) is 0 Å². The maximum absolute atomic E-state index is 12.9. The number of imide groups is 1. The number of carbonyl (C=O) groups excluding carboxylic acids is 2. The van der Waals surface area contributed by atoms with E-state index in [2.05, 4.69) is 0 Å². The van der Waals surface area contributed by atoms with E-state index in [1.54, 1.807) is 12.1 Å². The molecule has 1 aliphatic carbocycles. The Balaban J connectivity index is 1.58. The zero-order chi connectivity index (χ0) is 19.1. The molecule has 2 aromatic carbocycles. The van der Waals surface area contributed by atoms with Crippen molar-refractivity contribution >= 4 is 17.5 Å². The standard InChI is InChI=1S/C23H23NO3/c1-14-6-5-9-19-20(14)23(26)24(22(19)25)17-10-12-18(13-11-17)27-21-15(2)7-4-8-16(21)3/h4-8,10-14,19-20H,9H2,1-3H3/t14-,19-,20+/m0/s1. The van der Waals surface area contributed by atoms with Crippen molar-refractivity contribution in [1.29, 1.82) is 0 Å². The van der Waals surface area contributed by atoms with Crippen LogP contribution < -0.4 is 9.64 Å². The van der Waals surface area contributed by atoms with E-state index in [1.165, 1.54) is 4.90 Å². The number of benzene rings is 2. The number of para-hydroxylation sites is 1. The summed E-state index contributed by atoms with van der Waals surface area (Å²) in [5.74, 6) is 0.954. The molecule has 0 bridgehead atoms. The Bertz CT molecular complexity index is 909. The highest BCUT2D eigenvalue weighted by Crippen LogP contribution is 2.41. The second-order valence-corrected chi connectivity index (χ2v) is 7.48. The number of amides is 2. The zero-order valence-electron chi connectivity index (χ0n) is 15.8.